The standard InChI is InChI=1S/C26H19Cl3N2O5/c1-30-20-7-3-6-19(29)23(20)24(33)31(26(30)36)16-10-8-14(9-11-16)12-15(25(34)35)13-21(32)22-17(27)4-2-5-18(22)28/h2-11,15H,12-13H2,1H3,(H,34,35). The number of aromatic nitrogens is 2. The molecule has 1 N–H and O–H groups in total. The van der Waals surface area contributed by atoms with Crippen LogP contribution in [0.25, 0.3) is 16.6 Å². The Morgan fingerprint density at radius 1 is 0.889 bits per heavy atom. The third-order valence-electron chi connectivity index (χ3n) is 5.95. The first kappa shape index (κ1) is 25.7. The van der Waals surface area contributed by atoms with Crippen molar-refractivity contribution >= 4 is 57.5 Å². The van der Waals surface area contributed by atoms with Gasteiger partial charge in [-0.05, 0) is 48.4 Å². The number of carbonyl (C=O) groups excluding carboxylic acids is 1. The average molecular weight is 546 g/mol. The Kier molecular flexibility index (Phi) is 7.36. The number of aryl methyl sites for hydroxylation is 1. The van der Waals surface area contributed by atoms with Gasteiger partial charge in [-0.25, -0.2) is 9.36 Å². The first-order chi connectivity index (χ1) is 17.1. The van der Waals surface area contributed by atoms with Crippen LogP contribution in [0.15, 0.2) is 70.3 Å². The minimum absolute atomic E-state index is 0.0415. The number of carbonyl (C=O) groups is 2. The van der Waals surface area contributed by atoms with Gasteiger partial charge in [-0.3, -0.25) is 19.0 Å². The van der Waals surface area contributed by atoms with Crippen molar-refractivity contribution in [3.05, 3.63) is 108 Å². The number of fused-ring (bicyclic) bond motifs is 1. The molecule has 0 saturated carbocycles. The second-order valence-corrected chi connectivity index (χ2v) is 9.47. The second kappa shape index (κ2) is 10.3. The molecule has 36 heavy (non-hydrogen) atoms. The van der Waals surface area contributed by atoms with E-state index in [0.717, 1.165) is 4.57 Å². The Labute approximate surface area is 220 Å². The minimum atomic E-state index is -1.15. The van der Waals surface area contributed by atoms with E-state index >= 15 is 0 Å². The molecule has 1 unspecified atom stereocenters. The summed E-state index contributed by atoms with van der Waals surface area (Å²) in [6.07, 6.45) is -0.260. The lowest BCUT2D eigenvalue weighted by Crippen LogP contribution is -2.38. The molecule has 0 radical (unpaired) electrons. The molecule has 10 heteroatoms. The summed E-state index contributed by atoms with van der Waals surface area (Å²) >= 11 is 18.4. The summed E-state index contributed by atoms with van der Waals surface area (Å²) in [5, 5.41) is 10.5. The zero-order valence-corrected chi connectivity index (χ0v) is 21.1. The van der Waals surface area contributed by atoms with Gasteiger partial charge in [-0.2, -0.15) is 0 Å². The molecule has 1 atom stereocenters. The second-order valence-electron chi connectivity index (χ2n) is 8.25. The maximum absolute atomic E-state index is 13.1. The Morgan fingerprint density at radius 3 is 2.08 bits per heavy atom. The zero-order valence-electron chi connectivity index (χ0n) is 18.9. The molecule has 0 bridgehead atoms. The highest BCUT2D eigenvalue weighted by molar-refractivity contribution is 6.39. The van der Waals surface area contributed by atoms with Crippen LogP contribution < -0.4 is 11.2 Å². The summed E-state index contributed by atoms with van der Waals surface area (Å²) < 4.78 is 2.35. The van der Waals surface area contributed by atoms with Gasteiger partial charge in [-0.1, -0.05) is 59.1 Å². The number of hydrogen-bond acceptors (Lipinski definition) is 4. The van der Waals surface area contributed by atoms with Crippen LogP contribution in [-0.4, -0.2) is 26.0 Å². The van der Waals surface area contributed by atoms with Gasteiger partial charge in [0.05, 0.1) is 43.1 Å². The van der Waals surface area contributed by atoms with Crippen LogP contribution in [0.1, 0.15) is 22.3 Å². The van der Waals surface area contributed by atoms with E-state index in [2.05, 4.69) is 0 Å². The number of aliphatic carboxylic acids is 1. The molecule has 3 aromatic carbocycles. The quantitative estimate of drug-likeness (QED) is 0.323. The van der Waals surface area contributed by atoms with Crippen LogP contribution >= 0.6 is 34.8 Å². The Bertz CT molecular complexity index is 1600. The topological polar surface area (TPSA) is 98.4 Å². The van der Waals surface area contributed by atoms with Crippen LogP contribution in [0.5, 0.6) is 0 Å². The van der Waals surface area contributed by atoms with Gasteiger partial charge in [0.25, 0.3) is 5.56 Å². The molecule has 1 heterocycles. The van der Waals surface area contributed by atoms with Crippen LogP contribution in [0.4, 0.5) is 0 Å². The number of nitrogens with zero attached hydrogens (tertiary/aromatic N) is 2. The van der Waals surface area contributed by atoms with E-state index in [1.54, 1.807) is 55.6 Å². The van der Waals surface area contributed by atoms with Crippen LogP contribution in [0, 0.1) is 5.92 Å². The number of Topliss-reactive ketones (excluding diaryl/α,β-unsaturated/α-hetero) is 1. The molecule has 7 nitrogen and oxygen atoms in total. The van der Waals surface area contributed by atoms with Crippen molar-refractivity contribution in [2.75, 3.05) is 0 Å². The fraction of sp³-hybridized carbons (Fsp3) is 0.154. The van der Waals surface area contributed by atoms with Gasteiger partial charge in [0.2, 0.25) is 0 Å². The lowest BCUT2D eigenvalue weighted by atomic mass is 9.92. The Hall–Kier alpha value is -3.39. The molecule has 0 spiro atoms. The summed E-state index contributed by atoms with van der Waals surface area (Å²) in [5.41, 5.74) is 0.306. The van der Waals surface area contributed by atoms with Crippen LogP contribution in [0.3, 0.4) is 0 Å². The van der Waals surface area contributed by atoms with E-state index in [1.165, 1.54) is 16.7 Å². The van der Waals surface area contributed by atoms with E-state index in [4.69, 9.17) is 34.8 Å². The first-order valence-corrected chi connectivity index (χ1v) is 11.9. The number of ketones is 1. The van der Waals surface area contributed by atoms with Gasteiger partial charge in [0.1, 0.15) is 0 Å². The first-order valence-electron chi connectivity index (χ1n) is 10.8. The van der Waals surface area contributed by atoms with Gasteiger partial charge in [-0.15, -0.1) is 0 Å². The predicted octanol–water partition coefficient (Wildman–Crippen LogP) is 5.17. The lowest BCUT2D eigenvalue weighted by Gasteiger charge is -2.14. The Balaban J connectivity index is 1.64. The normalized spacial score (nSPS) is 12.0. The van der Waals surface area contributed by atoms with Gasteiger partial charge in [0, 0.05) is 13.5 Å². The van der Waals surface area contributed by atoms with Crippen molar-refractivity contribution in [2.45, 2.75) is 12.8 Å². The number of benzene rings is 3. The third-order valence-corrected chi connectivity index (χ3v) is 6.89. The number of carboxylic acid groups (broad SMARTS) is 1. The Morgan fingerprint density at radius 2 is 1.47 bits per heavy atom. The molecule has 184 valence electrons. The van der Waals surface area contributed by atoms with Crippen molar-refractivity contribution in [1.82, 2.24) is 9.13 Å². The molecule has 0 aliphatic rings. The maximum Gasteiger partial charge on any atom is 0.335 e. The molecule has 1 aromatic heterocycles. The molecule has 4 rings (SSSR count). The summed E-state index contributed by atoms with van der Waals surface area (Å²) in [6, 6.07) is 15.8. The van der Waals surface area contributed by atoms with Crippen LogP contribution in [-0.2, 0) is 18.3 Å². The molecule has 0 fully saturated rings. The fourth-order valence-electron chi connectivity index (χ4n) is 4.09. The number of rotatable bonds is 7. The van der Waals surface area contributed by atoms with E-state index in [-0.39, 0.29) is 38.9 Å². The van der Waals surface area contributed by atoms with Gasteiger partial charge < -0.3 is 5.11 Å². The number of carboxylic acids is 1. The lowest BCUT2D eigenvalue weighted by molar-refractivity contribution is -0.141. The smallest absolute Gasteiger partial charge is 0.335 e. The summed E-state index contributed by atoms with van der Waals surface area (Å²) in [5.74, 6) is -2.66. The molecular weight excluding hydrogens is 527 g/mol. The number of halogens is 3. The number of hydrogen-bond donors (Lipinski definition) is 1. The van der Waals surface area contributed by atoms with Gasteiger partial charge in [0.15, 0.2) is 5.78 Å². The summed E-state index contributed by atoms with van der Waals surface area (Å²) in [6.45, 7) is 0. The molecule has 0 amide bonds. The molecule has 0 saturated heterocycles. The fourth-order valence-corrected chi connectivity index (χ4v) is 4.94. The highest BCUT2D eigenvalue weighted by Crippen LogP contribution is 2.28. The summed E-state index contributed by atoms with van der Waals surface area (Å²) in [4.78, 5) is 50.7. The highest BCUT2D eigenvalue weighted by Gasteiger charge is 2.25. The SMILES string of the molecule is Cn1c(=O)n(-c2ccc(CC(CC(=O)c3c(Cl)cccc3Cl)C(=O)O)cc2)c(=O)c2c(Cl)cccc21. The van der Waals surface area contributed by atoms with E-state index in [1.807, 2.05) is 0 Å². The zero-order chi connectivity index (χ0) is 26.1. The molecule has 0 aliphatic carbocycles. The average Bonchev–Trinajstić information content (AvgIpc) is 2.83. The van der Waals surface area contributed by atoms with Crippen LogP contribution in [0.2, 0.25) is 15.1 Å². The summed E-state index contributed by atoms with van der Waals surface area (Å²) in [7, 11) is 1.55. The van der Waals surface area contributed by atoms with Crippen molar-refractivity contribution < 1.29 is 14.7 Å². The molecule has 4 aromatic rings. The van der Waals surface area contributed by atoms with E-state index in [9.17, 15) is 24.3 Å². The van der Waals surface area contributed by atoms with Crippen molar-refractivity contribution in [2.24, 2.45) is 13.0 Å². The van der Waals surface area contributed by atoms with Gasteiger partial charge >= 0.3 is 11.7 Å². The van der Waals surface area contributed by atoms with Crippen molar-refractivity contribution in [3.8, 4) is 5.69 Å². The highest BCUT2D eigenvalue weighted by atomic mass is 35.5. The largest absolute Gasteiger partial charge is 0.481 e. The molecule has 0 aliphatic heterocycles. The van der Waals surface area contributed by atoms with Crippen molar-refractivity contribution in [3.63, 3.8) is 0 Å². The molecular formula is C26H19Cl3N2O5. The van der Waals surface area contributed by atoms with E-state index in [0.29, 0.717) is 16.8 Å². The van der Waals surface area contributed by atoms with E-state index < -0.39 is 28.9 Å². The predicted molar refractivity (Wildman–Crippen MR) is 140 cm³/mol. The third kappa shape index (κ3) is 4.82. The minimum Gasteiger partial charge on any atom is -0.481 e. The van der Waals surface area contributed by atoms with Crippen molar-refractivity contribution in [1.29, 1.82) is 0 Å². The monoisotopic (exact) mass is 544 g/mol. The maximum atomic E-state index is 13.1.